The molecule has 0 aromatic carbocycles. The van der Waals surface area contributed by atoms with Crippen molar-refractivity contribution in [3.05, 3.63) is 0 Å². The van der Waals surface area contributed by atoms with Crippen molar-refractivity contribution in [1.82, 2.24) is 4.31 Å². The summed E-state index contributed by atoms with van der Waals surface area (Å²) in [4.78, 5) is 10.7. The molecule has 1 rings (SSSR count). The lowest BCUT2D eigenvalue weighted by molar-refractivity contribution is -0.148. The van der Waals surface area contributed by atoms with Gasteiger partial charge in [-0.05, 0) is 12.8 Å². The van der Waals surface area contributed by atoms with Crippen molar-refractivity contribution in [2.24, 2.45) is 0 Å². The van der Waals surface area contributed by atoms with Crippen molar-refractivity contribution in [1.29, 1.82) is 0 Å². The molecule has 1 saturated heterocycles. The summed E-state index contributed by atoms with van der Waals surface area (Å²) < 4.78 is 64.0. The SMILES string of the molecule is CC(=O)OC1CCCN(S(=O)(=O)C(F)(F)F)C1. The normalized spacial score (nSPS) is 23.4. The number of carbonyl (C=O) groups is 1. The predicted octanol–water partition coefficient (Wildman–Crippen LogP) is 0.864. The van der Waals surface area contributed by atoms with Gasteiger partial charge in [-0.3, -0.25) is 4.79 Å². The molecule has 0 amide bonds. The van der Waals surface area contributed by atoms with E-state index in [2.05, 4.69) is 0 Å². The van der Waals surface area contributed by atoms with Crippen LogP contribution in [0.3, 0.4) is 0 Å². The van der Waals surface area contributed by atoms with Gasteiger partial charge in [0, 0.05) is 13.5 Å². The van der Waals surface area contributed by atoms with E-state index in [4.69, 9.17) is 4.74 Å². The number of alkyl halides is 3. The van der Waals surface area contributed by atoms with E-state index < -0.39 is 34.1 Å². The molecule has 0 N–H and O–H groups in total. The quantitative estimate of drug-likeness (QED) is 0.701. The van der Waals surface area contributed by atoms with Gasteiger partial charge >= 0.3 is 21.5 Å². The molecular formula is C8H12F3NO4S. The fraction of sp³-hybridized carbons (Fsp3) is 0.875. The summed E-state index contributed by atoms with van der Waals surface area (Å²) in [6, 6.07) is 0. The van der Waals surface area contributed by atoms with E-state index in [1.54, 1.807) is 0 Å². The van der Waals surface area contributed by atoms with Crippen LogP contribution in [0.5, 0.6) is 0 Å². The van der Waals surface area contributed by atoms with Crippen LogP contribution in [0.15, 0.2) is 0 Å². The fourth-order valence-electron chi connectivity index (χ4n) is 1.60. The van der Waals surface area contributed by atoms with Crippen molar-refractivity contribution < 1.29 is 31.1 Å². The molecule has 0 aromatic rings. The Kier molecular flexibility index (Phi) is 4.03. The van der Waals surface area contributed by atoms with E-state index in [0.29, 0.717) is 10.7 Å². The summed E-state index contributed by atoms with van der Waals surface area (Å²) in [7, 11) is -5.33. The molecule has 0 spiro atoms. The highest BCUT2D eigenvalue weighted by atomic mass is 32.2. The third kappa shape index (κ3) is 3.32. The summed E-state index contributed by atoms with van der Waals surface area (Å²) in [5, 5.41) is 0. The molecule has 0 bridgehead atoms. The van der Waals surface area contributed by atoms with Crippen LogP contribution >= 0.6 is 0 Å². The van der Waals surface area contributed by atoms with Gasteiger partial charge in [-0.15, -0.1) is 0 Å². The Hall–Kier alpha value is -0.830. The summed E-state index contributed by atoms with van der Waals surface area (Å²) in [5.41, 5.74) is -5.31. The van der Waals surface area contributed by atoms with Gasteiger partial charge in [0.1, 0.15) is 6.10 Å². The third-order valence-corrected chi connectivity index (χ3v) is 3.90. The Morgan fingerprint density at radius 3 is 2.47 bits per heavy atom. The van der Waals surface area contributed by atoms with E-state index in [-0.39, 0.29) is 13.0 Å². The van der Waals surface area contributed by atoms with Crippen molar-refractivity contribution in [3.63, 3.8) is 0 Å². The molecule has 1 fully saturated rings. The highest BCUT2D eigenvalue weighted by molar-refractivity contribution is 7.90. The Labute approximate surface area is 96.6 Å². The average Bonchev–Trinajstić information content (AvgIpc) is 2.15. The van der Waals surface area contributed by atoms with Crippen molar-refractivity contribution >= 4 is 16.0 Å². The first-order chi connectivity index (χ1) is 7.64. The van der Waals surface area contributed by atoms with Gasteiger partial charge in [0.05, 0.1) is 6.54 Å². The molecule has 17 heavy (non-hydrogen) atoms. The molecular weight excluding hydrogens is 263 g/mol. The zero-order valence-corrected chi connectivity index (χ0v) is 9.84. The lowest BCUT2D eigenvalue weighted by Crippen LogP contribution is -2.48. The minimum Gasteiger partial charge on any atom is -0.461 e. The van der Waals surface area contributed by atoms with Crippen molar-refractivity contribution in [3.8, 4) is 0 Å². The molecule has 9 heteroatoms. The maximum atomic E-state index is 12.3. The first-order valence-corrected chi connectivity index (χ1v) is 6.32. The zero-order chi connectivity index (χ0) is 13.3. The Morgan fingerprint density at radius 2 is 2.00 bits per heavy atom. The van der Waals surface area contributed by atoms with Crippen molar-refractivity contribution in [2.75, 3.05) is 13.1 Å². The monoisotopic (exact) mass is 275 g/mol. The van der Waals surface area contributed by atoms with Crippen molar-refractivity contribution in [2.45, 2.75) is 31.4 Å². The molecule has 100 valence electrons. The lowest BCUT2D eigenvalue weighted by atomic mass is 10.1. The van der Waals surface area contributed by atoms with E-state index in [9.17, 15) is 26.4 Å². The average molecular weight is 275 g/mol. The van der Waals surface area contributed by atoms with E-state index in [1.807, 2.05) is 0 Å². The van der Waals surface area contributed by atoms with Crippen LogP contribution in [-0.4, -0.2) is 43.4 Å². The van der Waals surface area contributed by atoms with Gasteiger partial charge in [-0.2, -0.15) is 17.5 Å². The predicted molar refractivity (Wildman–Crippen MR) is 51.3 cm³/mol. The summed E-state index contributed by atoms with van der Waals surface area (Å²) in [6.45, 7) is 0.470. The number of nitrogens with zero attached hydrogens (tertiary/aromatic N) is 1. The molecule has 0 aliphatic carbocycles. The number of halogens is 3. The number of rotatable bonds is 2. The molecule has 5 nitrogen and oxygen atoms in total. The van der Waals surface area contributed by atoms with Gasteiger partial charge in [-0.25, -0.2) is 8.42 Å². The number of ether oxygens (including phenoxy) is 1. The van der Waals surface area contributed by atoms with E-state index in [0.717, 1.165) is 6.92 Å². The Balaban J connectivity index is 2.77. The van der Waals surface area contributed by atoms with Crippen LogP contribution in [0.1, 0.15) is 19.8 Å². The number of hydrogen-bond acceptors (Lipinski definition) is 4. The first kappa shape index (κ1) is 14.2. The van der Waals surface area contributed by atoms with E-state index in [1.165, 1.54) is 0 Å². The maximum Gasteiger partial charge on any atom is 0.511 e. The molecule has 1 heterocycles. The second-order valence-corrected chi connectivity index (χ2v) is 5.61. The highest BCUT2D eigenvalue weighted by Crippen LogP contribution is 2.29. The molecule has 1 unspecified atom stereocenters. The lowest BCUT2D eigenvalue weighted by Gasteiger charge is -2.31. The number of sulfonamides is 1. The number of esters is 1. The smallest absolute Gasteiger partial charge is 0.461 e. The first-order valence-electron chi connectivity index (χ1n) is 4.88. The van der Waals surface area contributed by atoms with Crippen LogP contribution < -0.4 is 0 Å². The molecule has 0 radical (unpaired) electrons. The molecule has 0 saturated carbocycles. The van der Waals surface area contributed by atoms with Gasteiger partial charge in [0.15, 0.2) is 0 Å². The van der Waals surface area contributed by atoms with Gasteiger partial charge in [0.2, 0.25) is 0 Å². The van der Waals surface area contributed by atoms with Crippen LogP contribution in [-0.2, 0) is 19.6 Å². The summed E-state index contributed by atoms with van der Waals surface area (Å²) >= 11 is 0. The number of hydrogen-bond donors (Lipinski definition) is 0. The topological polar surface area (TPSA) is 63.7 Å². The molecule has 0 aromatic heterocycles. The number of carbonyl (C=O) groups excluding carboxylic acids is 1. The minimum absolute atomic E-state index is 0.209. The molecule has 1 atom stereocenters. The number of piperidine rings is 1. The second kappa shape index (κ2) is 4.81. The fourth-order valence-corrected chi connectivity index (χ4v) is 2.63. The van der Waals surface area contributed by atoms with E-state index >= 15 is 0 Å². The van der Waals surface area contributed by atoms with Crippen LogP contribution in [0.2, 0.25) is 0 Å². The standard InChI is InChI=1S/C8H12F3NO4S/c1-6(13)16-7-3-2-4-12(5-7)17(14,15)8(9,10)11/h7H,2-5H2,1H3. The second-order valence-electron chi connectivity index (χ2n) is 3.68. The Morgan fingerprint density at radius 1 is 1.41 bits per heavy atom. The summed E-state index contributed by atoms with van der Waals surface area (Å²) in [5.74, 6) is -0.638. The highest BCUT2D eigenvalue weighted by Gasteiger charge is 2.51. The van der Waals surface area contributed by atoms with Gasteiger partial charge in [0.25, 0.3) is 0 Å². The Bertz CT molecular complexity index is 392. The van der Waals surface area contributed by atoms with Crippen LogP contribution in [0.4, 0.5) is 13.2 Å². The van der Waals surface area contributed by atoms with Gasteiger partial charge < -0.3 is 4.74 Å². The maximum absolute atomic E-state index is 12.3. The summed E-state index contributed by atoms with van der Waals surface area (Å²) in [6.07, 6.45) is -0.213. The largest absolute Gasteiger partial charge is 0.511 e. The molecule has 1 aliphatic rings. The third-order valence-electron chi connectivity index (χ3n) is 2.31. The van der Waals surface area contributed by atoms with Gasteiger partial charge in [-0.1, -0.05) is 0 Å². The molecule has 1 aliphatic heterocycles. The minimum atomic E-state index is -5.33. The van der Waals surface area contributed by atoms with Crippen LogP contribution in [0, 0.1) is 0 Å². The zero-order valence-electron chi connectivity index (χ0n) is 9.03. The van der Waals surface area contributed by atoms with Crippen LogP contribution in [0.25, 0.3) is 0 Å².